The second kappa shape index (κ2) is 4.32. The number of ether oxygens (including phenoxy) is 1. The van der Waals surface area contributed by atoms with Crippen molar-refractivity contribution in [2.45, 2.75) is 37.3 Å². The van der Waals surface area contributed by atoms with E-state index in [1.54, 1.807) is 7.11 Å². The van der Waals surface area contributed by atoms with Gasteiger partial charge in [0, 0.05) is 19.3 Å². The Balaban J connectivity index is 2.09. The zero-order chi connectivity index (χ0) is 9.97. The van der Waals surface area contributed by atoms with Crippen LogP contribution in [0.1, 0.15) is 31.0 Å². The second-order valence-corrected chi connectivity index (χ2v) is 4.02. The van der Waals surface area contributed by atoms with Crippen LogP contribution >= 0.6 is 11.6 Å². The molecule has 1 aliphatic carbocycles. The van der Waals surface area contributed by atoms with Gasteiger partial charge in [0.05, 0.1) is 24.0 Å². The SMILES string of the molecule is COC1CCC(n2cncc2CCl)C1. The Bertz CT molecular complexity index is 300. The van der Waals surface area contributed by atoms with E-state index in [0.717, 1.165) is 18.5 Å². The van der Waals surface area contributed by atoms with Crippen molar-refractivity contribution < 1.29 is 4.74 Å². The van der Waals surface area contributed by atoms with Gasteiger partial charge in [-0.3, -0.25) is 0 Å². The minimum absolute atomic E-state index is 0.408. The molecule has 1 heterocycles. The molecule has 1 aromatic rings. The minimum Gasteiger partial charge on any atom is -0.381 e. The maximum Gasteiger partial charge on any atom is 0.0951 e. The minimum atomic E-state index is 0.408. The Kier molecular flexibility index (Phi) is 3.08. The van der Waals surface area contributed by atoms with Crippen LogP contribution in [0.3, 0.4) is 0 Å². The van der Waals surface area contributed by atoms with Gasteiger partial charge in [-0.2, -0.15) is 0 Å². The van der Waals surface area contributed by atoms with Crippen molar-refractivity contribution in [1.29, 1.82) is 0 Å². The van der Waals surface area contributed by atoms with Crippen LogP contribution in [0.2, 0.25) is 0 Å². The lowest BCUT2D eigenvalue weighted by Gasteiger charge is -2.14. The number of hydrogen-bond donors (Lipinski definition) is 0. The molecule has 1 saturated carbocycles. The van der Waals surface area contributed by atoms with E-state index in [1.165, 1.54) is 6.42 Å². The molecule has 0 bridgehead atoms. The van der Waals surface area contributed by atoms with Crippen molar-refractivity contribution in [3.05, 3.63) is 18.2 Å². The van der Waals surface area contributed by atoms with Crippen molar-refractivity contribution in [1.82, 2.24) is 9.55 Å². The Hall–Kier alpha value is -0.540. The molecule has 78 valence electrons. The second-order valence-electron chi connectivity index (χ2n) is 3.75. The zero-order valence-electron chi connectivity index (χ0n) is 8.32. The van der Waals surface area contributed by atoms with E-state index in [1.807, 2.05) is 12.5 Å². The molecule has 0 amide bonds. The van der Waals surface area contributed by atoms with Crippen LogP contribution < -0.4 is 0 Å². The molecule has 0 spiro atoms. The van der Waals surface area contributed by atoms with E-state index in [2.05, 4.69) is 9.55 Å². The maximum absolute atomic E-state index is 5.83. The first kappa shape index (κ1) is 9.99. The molecule has 1 aliphatic rings. The highest BCUT2D eigenvalue weighted by atomic mass is 35.5. The molecule has 14 heavy (non-hydrogen) atoms. The number of nitrogens with zero attached hydrogens (tertiary/aromatic N) is 2. The van der Waals surface area contributed by atoms with Crippen LogP contribution in [0.4, 0.5) is 0 Å². The Morgan fingerprint density at radius 1 is 1.64 bits per heavy atom. The first-order valence-corrected chi connectivity index (χ1v) is 5.48. The van der Waals surface area contributed by atoms with E-state index >= 15 is 0 Å². The molecule has 2 rings (SSSR count). The number of halogens is 1. The van der Waals surface area contributed by atoms with Crippen LogP contribution in [-0.2, 0) is 10.6 Å². The topological polar surface area (TPSA) is 27.1 Å². The molecule has 0 radical (unpaired) electrons. The van der Waals surface area contributed by atoms with Crippen LogP contribution in [-0.4, -0.2) is 22.8 Å². The monoisotopic (exact) mass is 214 g/mol. The van der Waals surface area contributed by atoms with Gasteiger partial charge in [0.25, 0.3) is 0 Å². The smallest absolute Gasteiger partial charge is 0.0951 e. The average Bonchev–Trinajstić information content (AvgIpc) is 2.85. The van der Waals surface area contributed by atoms with Crippen molar-refractivity contribution in [2.24, 2.45) is 0 Å². The van der Waals surface area contributed by atoms with E-state index < -0.39 is 0 Å². The molecule has 4 heteroatoms. The first-order chi connectivity index (χ1) is 6.85. The summed E-state index contributed by atoms with van der Waals surface area (Å²) in [6, 6.07) is 0.524. The third-order valence-electron chi connectivity index (χ3n) is 2.97. The van der Waals surface area contributed by atoms with Crippen LogP contribution in [0.5, 0.6) is 0 Å². The van der Waals surface area contributed by atoms with Gasteiger partial charge in [-0.1, -0.05) is 0 Å². The van der Waals surface area contributed by atoms with Gasteiger partial charge in [-0.15, -0.1) is 11.6 Å². The quantitative estimate of drug-likeness (QED) is 0.723. The average molecular weight is 215 g/mol. The molecule has 0 saturated heterocycles. The first-order valence-electron chi connectivity index (χ1n) is 4.94. The number of methoxy groups -OCH3 is 1. The summed E-state index contributed by atoms with van der Waals surface area (Å²) in [6.45, 7) is 0. The third kappa shape index (κ3) is 1.79. The van der Waals surface area contributed by atoms with E-state index in [-0.39, 0.29) is 0 Å². The number of hydrogen-bond acceptors (Lipinski definition) is 2. The van der Waals surface area contributed by atoms with Gasteiger partial charge in [-0.05, 0) is 19.3 Å². The number of imidazole rings is 1. The molecule has 0 aliphatic heterocycles. The lowest BCUT2D eigenvalue weighted by atomic mass is 10.2. The summed E-state index contributed by atoms with van der Waals surface area (Å²) in [4.78, 5) is 4.13. The fourth-order valence-corrected chi connectivity index (χ4v) is 2.36. The molecule has 1 aromatic heterocycles. The van der Waals surface area contributed by atoms with Gasteiger partial charge in [0.15, 0.2) is 0 Å². The Morgan fingerprint density at radius 2 is 2.50 bits per heavy atom. The Labute approximate surface area is 89.0 Å². The summed E-state index contributed by atoms with van der Waals surface area (Å²) in [7, 11) is 1.78. The molecule has 0 aromatic carbocycles. The molecule has 3 nitrogen and oxygen atoms in total. The molecule has 2 unspecified atom stereocenters. The summed E-state index contributed by atoms with van der Waals surface area (Å²) in [5.41, 5.74) is 1.11. The van der Waals surface area contributed by atoms with E-state index in [4.69, 9.17) is 16.3 Å². The summed E-state index contributed by atoms with van der Waals surface area (Å²) < 4.78 is 7.53. The standard InChI is InChI=1S/C10H15ClN2O/c1-14-10-3-2-8(4-10)13-7-12-6-9(13)5-11/h6-8,10H,2-5H2,1H3. The molecular weight excluding hydrogens is 200 g/mol. The number of alkyl halides is 1. The van der Waals surface area contributed by atoms with Crippen molar-refractivity contribution in [3.8, 4) is 0 Å². The van der Waals surface area contributed by atoms with Gasteiger partial charge < -0.3 is 9.30 Å². The maximum atomic E-state index is 5.83. The van der Waals surface area contributed by atoms with Crippen molar-refractivity contribution in [3.63, 3.8) is 0 Å². The van der Waals surface area contributed by atoms with Gasteiger partial charge in [0.2, 0.25) is 0 Å². The number of rotatable bonds is 3. The molecule has 0 N–H and O–H groups in total. The van der Waals surface area contributed by atoms with Gasteiger partial charge >= 0.3 is 0 Å². The van der Waals surface area contributed by atoms with Crippen LogP contribution in [0, 0.1) is 0 Å². The highest BCUT2D eigenvalue weighted by Gasteiger charge is 2.26. The fraction of sp³-hybridized carbons (Fsp3) is 0.700. The fourth-order valence-electron chi connectivity index (χ4n) is 2.15. The van der Waals surface area contributed by atoms with E-state index in [9.17, 15) is 0 Å². The van der Waals surface area contributed by atoms with Crippen LogP contribution in [0.25, 0.3) is 0 Å². The normalized spacial score (nSPS) is 27.0. The van der Waals surface area contributed by atoms with Gasteiger partial charge in [0.1, 0.15) is 0 Å². The molecular formula is C10H15ClN2O. The summed E-state index contributed by atoms with van der Waals surface area (Å²) in [6.07, 6.45) is 7.51. The van der Waals surface area contributed by atoms with Gasteiger partial charge in [-0.25, -0.2) is 4.98 Å². The lowest BCUT2D eigenvalue weighted by Crippen LogP contribution is -2.09. The summed E-state index contributed by atoms with van der Waals surface area (Å²) >= 11 is 5.83. The van der Waals surface area contributed by atoms with Crippen molar-refractivity contribution >= 4 is 11.6 Å². The summed E-state index contributed by atoms with van der Waals surface area (Å²) in [5, 5.41) is 0. The summed E-state index contributed by atoms with van der Waals surface area (Å²) in [5.74, 6) is 0.536. The molecule has 1 fully saturated rings. The predicted molar refractivity (Wildman–Crippen MR) is 55.5 cm³/mol. The highest BCUT2D eigenvalue weighted by molar-refractivity contribution is 6.16. The Morgan fingerprint density at radius 3 is 3.14 bits per heavy atom. The highest BCUT2D eigenvalue weighted by Crippen LogP contribution is 2.32. The lowest BCUT2D eigenvalue weighted by molar-refractivity contribution is 0.106. The predicted octanol–water partition coefficient (Wildman–Crippen LogP) is 2.36. The van der Waals surface area contributed by atoms with Crippen molar-refractivity contribution in [2.75, 3.05) is 7.11 Å². The zero-order valence-corrected chi connectivity index (χ0v) is 9.07. The largest absolute Gasteiger partial charge is 0.381 e. The van der Waals surface area contributed by atoms with Crippen LogP contribution in [0.15, 0.2) is 12.5 Å². The van der Waals surface area contributed by atoms with E-state index in [0.29, 0.717) is 18.0 Å². The molecule has 2 atom stereocenters. The number of aromatic nitrogens is 2. The third-order valence-corrected chi connectivity index (χ3v) is 3.24.